The molecule has 1 saturated heterocycles. The van der Waals surface area contributed by atoms with Gasteiger partial charge >= 0.3 is 0 Å². The van der Waals surface area contributed by atoms with Crippen molar-refractivity contribution in [2.75, 3.05) is 19.7 Å². The summed E-state index contributed by atoms with van der Waals surface area (Å²) in [4.78, 5) is 2.63. The molecule has 0 aromatic rings. The molecule has 1 aliphatic carbocycles. The molecule has 2 N–H and O–H groups in total. The average Bonchev–Trinajstić information content (AvgIpc) is 2.72. The predicted octanol–water partition coefficient (Wildman–Crippen LogP) is 2.39. The molecular formula is C15H30N2O. The maximum Gasteiger partial charge on any atom is 0.0730 e. The SMILES string of the molecule is CC(C)(C)CC(N)CCN1CCOC2CCCC21. The van der Waals surface area contributed by atoms with Crippen molar-refractivity contribution in [3.05, 3.63) is 0 Å². The van der Waals surface area contributed by atoms with Gasteiger partial charge in [-0.1, -0.05) is 20.8 Å². The average molecular weight is 254 g/mol. The molecule has 3 heteroatoms. The Morgan fingerprint density at radius 1 is 1.33 bits per heavy atom. The van der Waals surface area contributed by atoms with E-state index in [2.05, 4.69) is 25.7 Å². The highest BCUT2D eigenvalue weighted by Crippen LogP contribution is 2.30. The van der Waals surface area contributed by atoms with Crippen LogP contribution < -0.4 is 5.73 Å². The van der Waals surface area contributed by atoms with Gasteiger partial charge in [0, 0.05) is 25.2 Å². The first-order valence-electron chi connectivity index (χ1n) is 7.57. The molecule has 3 nitrogen and oxygen atoms in total. The van der Waals surface area contributed by atoms with Crippen molar-refractivity contribution in [1.82, 2.24) is 4.90 Å². The zero-order valence-corrected chi connectivity index (χ0v) is 12.3. The summed E-state index contributed by atoms with van der Waals surface area (Å²) in [6.45, 7) is 9.98. The Kier molecular flexibility index (Phi) is 4.68. The van der Waals surface area contributed by atoms with Crippen LogP contribution in [0.15, 0.2) is 0 Å². The monoisotopic (exact) mass is 254 g/mol. The van der Waals surface area contributed by atoms with Crippen molar-refractivity contribution < 1.29 is 4.74 Å². The summed E-state index contributed by atoms with van der Waals surface area (Å²) in [5, 5.41) is 0. The van der Waals surface area contributed by atoms with Gasteiger partial charge in [-0.25, -0.2) is 0 Å². The van der Waals surface area contributed by atoms with Crippen LogP contribution in [0.3, 0.4) is 0 Å². The Hall–Kier alpha value is -0.120. The molecule has 1 aliphatic heterocycles. The molecule has 2 aliphatic rings. The lowest BCUT2D eigenvalue weighted by Crippen LogP contribution is -2.49. The largest absolute Gasteiger partial charge is 0.375 e. The molecule has 2 fully saturated rings. The standard InChI is InChI=1S/C15H30N2O/c1-15(2,3)11-12(16)7-8-17-9-10-18-14-6-4-5-13(14)17/h12-14H,4-11,16H2,1-3H3. The lowest BCUT2D eigenvalue weighted by molar-refractivity contribution is -0.0563. The Balaban J connectivity index is 1.75. The molecule has 2 rings (SSSR count). The highest BCUT2D eigenvalue weighted by Gasteiger charge is 2.35. The van der Waals surface area contributed by atoms with Crippen molar-refractivity contribution in [3.63, 3.8) is 0 Å². The topological polar surface area (TPSA) is 38.5 Å². The van der Waals surface area contributed by atoms with Crippen molar-refractivity contribution in [1.29, 1.82) is 0 Å². The van der Waals surface area contributed by atoms with E-state index in [1.165, 1.54) is 19.3 Å². The highest BCUT2D eigenvalue weighted by atomic mass is 16.5. The fourth-order valence-corrected chi connectivity index (χ4v) is 3.50. The Morgan fingerprint density at radius 3 is 2.83 bits per heavy atom. The van der Waals surface area contributed by atoms with Crippen LogP contribution >= 0.6 is 0 Å². The second kappa shape index (κ2) is 5.89. The van der Waals surface area contributed by atoms with Crippen molar-refractivity contribution in [2.45, 2.75) is 71.1 Å². The number of nitrogens with zero attached hydrogens (tertiary/aromatic N) is 1. The summed E-state index contributed by atoms with van der Waals surface area (Å²) in [5.74, 6) is 0. The number of morpholine rings is 1. The fourth-order valence-electron chi connectivity index (χ4n) is 3.50. The van der Waals surface area contributed by atoms with E-state index in [9.17, 15) is 0 Å². The van der Waals surface area contributed by atoms with Crippen LogP contribution in [0.5, 0.6) is 0 Å². The normalized spacial score (nSPS) is 31.3. The minimum atomic E-state index is 0.340. The van der Waals surface area contributed by atoms with E-state index in [4.69, 9.17) is 10.5 Å². The molecule has 3 atom stereocenters. The molecular weight excluding hydrogens is 224 g/mol. The van der Waals surface area contributed by atoms with Crippen LogP contribution in [0.4, 0.5) is 0 Å². The molecule has 1 saturated carbocycles. The van der Waals surface area contributed by atoms with Gasteiger partial charge in [0.05, 0.1) is 12.7 Å². The molecule has 0 radical (unpaired) electrons. The first-order chi connectivity index (χ1) is 8.46. The zero-order chi connectivity index (χ0) is 13.2. The lowest BCUT2D eigenvalue weighted by Gasteiger charge is -2.38. The zero-order valence-electron chi connectivity index (χ0n) is 12.3. The number of hydrogen-bond donors (Lipinski definition) is 1. The van der Waals surface area contributed by atoms with Gasteiger partial charge < -0.3 is 10.5 Å². The summed E-state index contributed by atoms with van der Waals surface area (Å²) >= 11 is 0. The Morgan fingerprint density at radius 2 is 2.11 bits per heavy atom. The second-order valence-corrected chi connectivity index (χ2v) is 7.26. The summed E-state index contributed by atoms with van der Waals surface area (Å²) in [6.07, 6.45) is 6.66. The second-order valence-electron chi connectivity index (χ2n) is 7.26. The van der Waals surface area contributed by atoms with E-state index in [1.807, 2.05) is 0 Å². The summed E-state index contributed by atoms with van der Waals surface area (Å²) in [5.41, 5.74) is 6.60. The van der Waals surface area contributed by atoms with Gasteiger partial charge in [0.1, 0.15) is 0 Å². The van der Waals surface area contributed by atoms with Crippen LogP contribution in [0.2, 0.25) is 0 Å². The Labute approximate surface area is 112 Å². The number of rotatable bonds is 4. The molecule has 106 valence electrons. The third-order valence-electron chi connectivity index (χ3n) is 4.26. The third-order valence-corrected chi connectivity index (χ3v) is 4.26. The molecule has 0 aromatic heterocycles. The van der Waals surface area contributed by atoms with Gasteiger partial charge in [-0.15, -0.1) is 0 Å². The van der Waals surface area contributed by atoms with Gasteiger partial charge in [0.15, 0.2) is 0 Å². The minimum absolute atomic E-state index is 0.340. The summed E-state index contributed by atoms with van der Waals surface area (Å²) < 4.78 is 5.85. The molecule has 0 aromatic carbocycles. The van der Waals surface area contributed by atoms with E-state index >= 15 is 0 Å². The maximum atomic E-state index is 6.26. The van der Waals surface area contributed by atoms with Gasteiger partial charge in [0.25, 0.3) is 0 Å². The van der Waals surface area contributed by atoms with Gasteiger partial charge in [0.2, 0.25) is 0 Å². The van der Waals surface area contributed by atoms with Crippen molar-refractivity contribution in [3.8, 4) is 0 Å². The molecule has 0 spiro atoms. The first-order valence-corrected chi connectivity index (χ1v) is 7.57. The number of fused-ring (bicyclic) bond motifs is 1. The van der Waals surface area contributed by atoms with Crippen molar-refractivity contribution >= 4 is 0 Å². The Bertz CT molecular complexity index is 262. The predicted molar refractivity (Wildman–Crippen MR) is 75.6 cm³/mol. The maximum absolute atomic E-state index is 6.26. The summed E-state index contributed by atoms with van der Waals surface area (Å²) in [6, 6.07) is 1.02. The molecule has 0 amide bonds. The van der Waals surface area contributed by atoms with E-state index in [-0.39, 0.29) is 0 Å². The van der Waals surface area contributed by atoms with Crippen LogP contribution in [0.25, 0.3) is 0 Å². The van der Waals surface area contributed by atoms with Crippen LogP contribution in [0, 0.1) is 5.41 Å². The van der Waals surface area contributed by atoms with Crippen LogP contribution in [-0.4, -0.2) is 42.8 Å². The molecule has 1 heterocycles. The van der Waals surface area contributed by atoms with Gasteiger partial charge in [-0.2, -0.15) is 0 Å². The lowest BCUT2D eigenvalue weighted by atomic mass is 9.87. The van der Waals surface area contributed by atoms with Crippen molar-refractivity contribution in [2.24, 2.45) is 11.1 Å². The molecule has 18 heavy (non-hydrogen) atoms. The van der Waals surface area contributed by atoms with Gasteiger partial charge in [-0.3, -0.25) is 4.90 Å². The van der Waals surface area contributed by atoms with E-state index < -0.39 is 0 Å². The summed E-state index contributed by atoms with van der Waals surface area (Å²) in [7, 11) is 0. The van der Waals surface area contributed by atoms with Crippen LogP contribution in [-0.2, 0) is 4.74 Å². The van der Waals surface area contributed by atoms with Crippen LogP contribution in [0.1, 0.15) is 52.9 Å². The van der Waals surface area contributed by atoms with Gasteiger partial charge in [-0.05, 0) is 37.5 Å². The smallest absolute Gasteiger partial charge is 0.0730 e. The van der Waals surface area contributed by atoms with E-state index in [0.29, 0.717) is 23.6 Å². The molecule has 3 unspecified atom stereocenters. The molecule has 0 bridgehead atoms. The quantitative estimate of drug-likeness (QED) is 0.837. The van der Waals surface area contributed by atoms with E-state index in [1.54, 1.807) is 0 Å². The highest BCUT2D eigenvalue weighted by molar-refractivity contribution is 4.89. The number of ether oxygens (including phenoxy) is 1. The fraction of sp³-hybridized carbons (Fsp3) is 1.00. The number of hydrogen-bond acceptors (Lipinski definition) is 3. The number of nitrogens with two attached hydrogens (primary N) is 1. The first kappa shape index (κ1) is 14.3. The third kappa shape index (κ3) is 3.94. The van der Waals surface area contributed by atoms with E-state index in [0.717, 1.165) is 32.5 Å². The minimum Gasteiger partial charge on any atom is -0.375 e.